The topological polar surface area (TPSA) is 12.0 Å². The number of rotatable bonds is 8. The van der Waals surface area contributed by atoms with Gasteiger partial charge in [0.1, 0.15) is 0 Å². The summed E-state index contributed by atoms with van der Waals surface area (Å²) in [5, 5.41) is 3.91. The van der Waals surface area contributed by atoms with Crippen molar-refractivity contribution < 1.29 is 0 Å². The lowest BCUT2D eigenvalue weighted by molar-refractivity contribution is 0.154. The van der Waals surface area contributed by atoms with Crippen molar-refractivity contribution in [3.63, 3.8) is 0 Å². The molecule has 2 rings (SSSR count). The molecular formula is C18H30BrNS. The van der Waals surface area contributed by atoms with Crippen LogP contribution >= 0.6 is 27.3 Å². The van der Waals surface area contributed by atoms with Gasteiger partial charge in [-0.15, -0.1) is 11.3 Å². The molecule has 1 unspecified atom stereocenters. The van der Waals surface area contributed by atoms with Crippen molar-refractivity contribution in [3.05, 3.63) is 20.8 Å². The quantitative estimate of drug-likeness (QED) is 0.588. The van der Waals surface area contributed by atoms with E-state index in [1.165, 1.54) is 53.6 Å². The van der Waals surface area contributed by atoms with Crippen LogP contribution in [0.15, 0.2) is 15.9 Å². The second-order valence-corrected chi connectivity index (χ2v) is 9.63. The average Bonchev–Trinajstić information content (AvgIpc) is 3.04. The van der Waals surface area contributed by atoms with Crippen LogP contribution in [0.3, 0.4) is 0 Å². The lowest BCUT2D eigenvalue weighted by Gasteiger charge is -2.40. The van der Waals surface area contributed by atoms with Crippen LogP contribution < -0.4 is 5.32 Å². The third-order valence-electron chi connectivity index (χ3n) is 4.83. The van der Waals surface area contributed by atoms with E-state index in [2.05, 4.69) is 54.2 Å². The summed E-state index contributed by atoms with van der Waals surface area (Å²) in [6.45, 7) is 8.20. The number of thiophene rings is 1. The SMILES string of the molecule is CCCNC(Cc1ccc(Br)s1)C1(CC(C)C)CCCC1. The Morgan fingerprint density at radius 3 is 2.52 bits per heavy atom. The Balaban J connectivity index is 2.15. The number of nitrogens with one attached hydrogen (secondary N) is 1. The molecule has 0 amide bonds. The smallest absolute Gasteiger partial charge is 0.0701 e. The minimum absolute atomic E-state index is 0.528. The van der Waals surface area contributed by atoms with E-state index in [-0.39, 0.29) is 0 Å². The van der Waals surface area contributed by atoms with Crippen LogP contribution in [0.4, 0.5) is 0 Å². The van der Waals surface area contributed by atoms with Gasteiger partial charge in [0.15, 0.2) is 0 Å². The second-order valence-electron chi connectivity index (χ2n) is 7.08. The lowest BCUT2D eigenvalue weighted by Crippen LogP contribution is -2.46. The first-order valence-corrected chi connectivity index (χ1v) is 10.1. The molecule has 1 nitrogen and oxygen atoms in total. The molecule has 3 heteroatoms. The summed E-state index contributed by atoms with van der Waals surface area (Å²) in [6, 6.07) is 5.14. The molecule has 0 aliphatic heterocycles. The number of hydrogen-bond donors (Lipinski definition) is 1. The zero-order chi connectivity index (χ0) is 15.3. The summed E-state index contributed by atoms with van der Waals surface area (Å²) in [5.74, 6) is 0.795. The predicted molar refractivity (Wildman–Crippen MR) is 98.2 cm³/mol. The Morgan fingerprint density at radius 2 is 2.00 bits per heavy atom. The summed E-state index contributed by atoms with van der Waals surface area (Å²) in [6.07, 6.45) is 9.47. The molecule has 1 aliphatic rings. The van der Waals surface area contributed by atoms with Gasteiger partial charge in [-0.25, -0.2) is 0 Å². The molecular weight excluding hydrogens is 342 g/mol. The van der Waals surface area contributed by atoms with E-state index < -0.39 is 0 Å². The molecule has 1 atom stereocenters. The first-order chi connectivity index (χ1) is 10.1. The predicted octanol–water partition coefficient (Wildman–Crippen LogP) is 6.03. The van der Waals surface area contributed by atoms with E-state index in [4.69, 9.17) is 0 Å². The van der Waals surface area contributed by atoms with Gasteiger partial charge in [-0.05, 0) is 78.0 Å². The van der Waals surface area contributed by atoms with Gasteiger partial charge >= 0.3 is 0 Å². The van der Waals surface area contributed by atoms with E-state index in [9.17, 15) is 0 Å². The van der Waals surface area contributed by atoms with Crippen molar-refractivity contribution in [1.29, 1.82) is 0 Å². The van der Waals surface area contributed by atoms with Gasteiger partial charge in [-0.1, -0.05) is 33.6 Å². The minimum atomic E-state index is 0.528. The normalized spacial score (nSPS) is 19.3. The van der Waals surface area contributed by atoms with E-state index in [1.54, 1.807) is 0 Å². The maximum absolute atomic E-state index is 3.91. The van der Waals surface area contributed by atoms with Gasteiger partial charge in [0.05, 0.1) is 3.79 Å². The molecule has 1 fully saturated rings. The van der Waals surface area contributed by atoms with Crippen molar-refractivity contribution in [2.75, 3.05) is 6.54 Å². The van der Waals surface area contributed by atoms with Crippen LogP contribution in [0, 0.1) is 11.3 Å². The minimum Gasteiger partial charge on any atom is -0.313 e. The monoisotopic (exact) mass is 371 g/mol. The zero-order valence-corrected chi connectivity index (χ0v) is 16.2. The van der Waals surface area contributed by atoms with Gasteiger partial charge in [-0.3, -0.25) is 0 Å². The van der Waals surface area contributed by atoms with Crippen LogP contribution in [-0.2, 0) is 6.42 Å². The average molecular weight is 372 g/mol. The maximum Gasteiger partial charge on any atom is 0.0701 e. The van der Waals surface area contributed by atoms with Gasteiger partial charge < -0.3 is 5.32 Å². The van der Waals surface area contributed by atoms with Gasteiger partial charge in [0.25, 0.3) is 0 Å². The molecule has 1 heterocycles. The highest BCUT2D eigenvalue weighted by atomic mass is 79.9. The largest absolute Gasteiger partial charge is 0.313 e. The Bertz CT molecular complexity index is 421. The van der Waals surface area contributed by atoms with Crippen LogP contribution in [-0.4, -0.2) is 12.6 Å². The zero-order valence-electron chi connectivity index (χ0n) is 13.8. The van der Waals surface area contributed by atoms with Crippen LogP contribution in [0.2, 0.25) is 0 Å². The molecule has 1 saturated carbocycles. The second kappa shape index (κ2) is 8.12. The molecule has 1 aliphatic carbocycles. The van der Waals surface area contributed by atoms with Crippen molar-refractivity contribution in [2.24, 2.45) is 11.3 Å². The Labute approximate surface area is 143 Å². The highest BCUT2D eigenvalue weighted by Crippen LogP contribution is 2.47. The highest BCUT2D eigenvalue weighted by molar-refractivity contribution is 9.11. The summed E-state index contributed by atoms with van der Waals surface area (Å²) in [4.78, 5) is 1.52. The lowest BCUT2D eigenvalue weighted by atomic mass is 9.71. The van der Waals surface area contributed by atoms with E-state index in [0.717, 1.165) is 12.5 Å². The van der Waals surface area contributed by atoms with E-state index >= 15 is 0 Å². The Kier molecular flexibility index (Phi) is 6.77. The third kappa shape index (κ3) is 4.80. The van der Waals surface area contributed by atoms with Crippen LogP contribution in [0.1, 0.15) is 64.2 Å². The first kappa shape index (κ1) is 17.5. The molecule has 1 aromatic rings. The maximum atomic E-state index is 3.91. The van der Waals surface area contributed by atoms with Crippen molar-refractivity contribution in [3.8, 4) is 0 Å². The van der Waals surface area contributed by atoms with Gasteiger partial charge in [-0.2, -0.15) is 0 Å². The number of hydrogen-bond acceptors (Lipinski definition) is 2. The van der Waals surface area contributed by atoms with Crippen LogP contribution in [0.5, 0.6) is 0 Å². The van der Waals surface area contributed by atoms with E-state index in [1.807, 2.05) is 11.3 Å². The molecule has 0 radical (unpaired) electrons. The standard InChI is InChI=1S/C18H30BrNS/c1-4-11-20-16(12-15-7-8-17(19)21-15)18(13-14(2)3)9-5-6-10-18/h7-8,14,16,20H,4-6,9-13H2,1-3H3. The highest BCUT2D eigenvalue weighted by Gasteiger charge is 2.41. The molecule has 21 heavy (non-hydrogen) atoms. The summed E-state index contributed by atoms with van der Waals surface area (Å²) in [7, 11) is 0. The van der Waals surface area contributed by atoms with Crippen molar-refractivity contribution in [2.45, 2.75) is 71.8 Å². The van der Waals surface area contributed by atoms with Crippen molar-refractivity contribution >= 4 is 27.3 Å². The molecule has 0 aromatic carbocycles. The van der Waals surface area contributed by atoms with E-state index in [0.29, 0.717) is 11.5 Å². The number of halogens is 1. The summed E-state index contributed by atoms with van der Waals surface area (Å²) in [5.41, 5.74) is 0.528. The Hall–Kier alpha value is 0.140. The molecule has 0 saturated heterocycles. The molecule has 1 aromatic heterocycles. The summed E-state index contributed by atoms with van der Waals surface area (Å²) < 4.78 is 1.26. The van der Waals surface area contributed by atoms with Gasteiger partial charge in [0.2, 0.25) is 0 Å². The summed E-state index contributed by atoms with van der Waals surface area (Å²) >= 11 is 5.51. The first-order valence-electron chi connectivity index (χ1n) is 8.53. The molecule has 120 valence electrons. The van der Waals surface area contributed by atoms with Crippen LogP contribution in [0.25, 0.3) is 0 Å². The molecule has 0 spiro atoms. The van der Waals surface area contributed by atoms with Gasteiger partial charge in [0, 0.05) is 10.9 Å². The molecule has 1 N–H and O–H groups in total. The Morgan fingerprint density at radius 1 is 1.29 bits per heavy atom. The fraction of sp³-hybridized carbons (Fsp3) is 0.778. The van der Waals surface area contributed by atoms with Crippen molar-refractivity contribution in [1.82, 2.24) is 5.32 Å². The third-order valence-corrected chi connectivity index (χ3v) is 6.47. The molecule has 0 bridgehead atoms. The fourth-order valence-electron chi connectivity index (χ4n) is 4.07. The fourth-order valence-corrected chi connectivity index (χ4v) is 5.60.